The van der Waals surface area contributed by atoms with Crippen molar-refractivity contribution < 1.29 is 14.3 Å². The van der Waals surface area contributed by atoms with E-state index >= 15 is 0 Å². The minimum absolute atomic E-state index is 0.0897. The molecule has 1 heterocycles. The molecule has 3 atom stereocenters. The van der Waals surface area contributed by atoms with Crippen molar-refractivity contribution in [3.63, 3.8) is 0 Å². The van der Waals surface area contributed by atoms with Crippen LogP contribution >= 0.6 is 0 Å². The molecule has 0 spiro atoms. The molecule has 0 aromatic carbocycles. The number of rotatable bonds is 3. The molecule has 2 rings (SSSR count). The Morgan fingerprint density at radius 1 is 1.33 bits per heavy atom. The van der Waals surface area contributed by atoms with Gasteiger partial charge in [0.2, 0.25) is 11.8 Å². The Morgan fingerprint density at radius 3 is 2.78 bits per heavy atom. The molecule has 1 aliphatic heterocycles. The van der Waals surface area contributed by atoms with Gasteiger partial charge in [-0.25, -0.2) is 0 Å². The Morgan fingerprint density at radius 2 is 2.06 bits per heavy atom. The first-order valence-electron chi connectivity index (χ1n) is 6.55. The lowest BCUT2D eigenvalue weighted by Crippen LogP contribution is -2.58. The fourth-order valence-electron chi connectivity index (χ4n) is 2.89. The van der Waals surface area contributed by atoms with Crippen molar-refractivity contribution >= 4 is 11.8 Å². The highest BCUT2D eigenvalue weighted by molar-refractivity contribution is 5.87. The summed E-state index contributed by atoms with van der Waals surface area (Å²) in [7, 11) is 0. The van der Waals surface area contributed by atoms with Gasteiger partial charge in [0.15, 0.2) is 0 Å². The van der Waals surface area contributed by atoms with E-state index in [1.54, 1.807) is 4.90 Å². The number of fused-ring (bicyclic) bond motifs is 1. The summed E-state index contributed by atoms with van der Waals surface area (Å²) in [5.74, 6) is -0.710. The molecule has 4 N–H and O–H groups in total. The van der Waals surface area contributed by atoms with Gasteiger partial charge in [0.1, 0.15) is 0 Å². The number of primary amides is 1. The van der Waals surface area contributed by atoms with E-state index in [1.165, 1.54) is 0 Å². The largest absolute Gasteiger partial charge is 0.374 e. The fourth-order valence-corrected chi connectivity index (χ4v) is 2.89. The summed E-state index contributed by atoms with van der Waals surface area (Å²) in [5.41, 5.74) is 10.8. The molecule has 2 amide bonds. The van der Waals surface area contributed by atoms with E-state index in [0.29, 0.717) is 13.2 Å². The quantitative estimate of drug-likeness (QED) is 0.700. The molecule has 0 radical (unpaired) electrons. The molecule has 2 aliphatic rings. The number of ether oxygens (including phenoxy) is 1. The van der Waals surface area contributed by atoms with E-state index in [2.05, 4.69) is 0 Å². The van der Waals surface area contributed by atoms with Crippen molar-refractivity contribution in [2.75, 3.05) is 13.2 Å². The number of carbonyl (C=O) groups is 2. The SMILES string of the molecule is NC(=O)CC(N)C(=O)N1CCOC2CCCCC21. The monoisotopic (exact) mass is 255 g/mol. The van der Waals surface area contributed by atoms with Gasteiger partial charge in [0.05, 0.1) is 31.2 Å². The van der Waals surface area contributed by atoms with Gasteiger partial charge in [0, 0.05) is 6.54 Å². The van der Waals surface area contributed by atoms with Crippen LogP contribution < -0.4 is 11.5 Å². The highest BCUT2D eigenvalue weighted by Gasteiger charge is 2.38. The van der Waals surface area contributed by atoms with Crippen LogP contribution in [0.5, 0.6) is 0 Å². The van der Waals surface area contributed by atoms with Crippen LogP contribution in [0.25, 0.3) is 0 Å². The molecule has 2 fully saturated rings. The first kappa shape index (κ1) is 13.3. The van der Waals surface area contributed by atoms with Crippen LogP contribution in [0.3, 0.4) is 0 Å². The summed E-state index contributed by atoms with van der Waals surface area (Å²) in [5, 5.41) is 0. The molecule has 1 aliphatic carbocycles. The van der Waals surface area contributed by atoms with Crippen molar-refractivity contribution in [3.8, 4) is 0 Å². The van der Waals surface area contributed by atoms with Crippen LogP contribution in [0.4, 0.5) is 0 Å². The number of hydrogen-bond donors (Lipinski definition) is 2. The maximum absolute atomic E-state index is 12.2. The van der Waals surface area contributed by atoms with Gasteiger partial charge >= 0.3 is 0 Å². The van der Waals surface area contributed by atoms with Gasteiger partial charge in [-0.3, -0.25) is 9.59 Å². The molecule has 102 valence electrons. The van der Waals surface area contributed by atoms with Crippen LogP contribution in [-0.4, -0.2) is 48.1 Å². The van der Waals surface area contributed by atoms with Crippen LogP contribution in [0.1, 0.15) is 32.1 Å². The van der Waals surface area contributed by atoms with Crippen LogP contribution in [-0.2, 0) is 14.3 Å². The summed E-state index contributed by atoms with van der Waals surface area (Å²) < 4.78 is 5.70. The molecule has 6 heteroatoms. The summed E-state index contributed by atoms with van der Waals surface area (Å²) in [6, 6.07) is -0.692. The lowest BCUT2D eigenvalue weighted by molar-refractivity contribution is -0.151. The Balaban J connectivity index is 2.01. The predicted octanol–water partition coefficient (Wildman–Crippen LogP) is -0.641. The number of nitrogens with two attached hydrogens (primary N) is 2. The summed E-state index contributed by atoms with van der Waals surface area (Å²) in [6.45, 7) is 1.11. The molecule has 0 bridgehead atoms. The Labute approximate surface area is 107 Å². The van der Waals surface area contributed by atoms with E-state index < -0.39 is 11.9 Å². The van der Waals surface area contributed by atoms with Gasteiger partial charge in [-0.05, 0) is 12.8 Å². The lowest BCUT2D eigenvalue weighted by Gasteiger charge is -2.44. The molecule has 0 aromatic heterocycles. The van der Waals surface area contributed by atoms with E-state index in [0.717, 1.165) is 25.7 Å². The molecule has 1 saturated carbocycles. The average molecular weight is 255 g/mol. The summed E-state index contributed by atoms with van der Waals surface area (Å²) in [4.78, 5) is 24.8. The maximum atomic E-state index is 12.2. The average Bonchev–Trinajstić information content (AvgIpc) is 2.36. The fraction of sp³-hybridized carbons (Fsp3) is 0.833. The molecule has 6 nitrogen and oxygen atoms in total. The van der Waals surface area contributed by atoms with Crippen molar-refractivity contribution in [1.29, 1.82) is 0 Å². The third-order valence-corrected chi connectivity index (χ3v) is 3.75. The standard InChI is InChI=1S/C12H21N3O3/c13-8(7-11(14)16)12(17)15-5-6-18-10-4-2-1-3-9(10)15/h8-10H,1-7,13H2,(H2,14,16). The van der Waals surface area contributed by atoms with Gasteiger partial charge < -0.3 is 21.1 Å². The van der Waals surface area contributed by atoms with Gasteiger partial charge in [-0.15, -0.1) is 0 Å². The molecular formula is C12H21N3O3. The maximum Gasteiger partial charge on any atom is 0.240 e. The molecule has 1 saturated heterocycles. The first-order chi connectivity index (χ1) is 8.59. The highest BCUT2D eigenvalue weighted by Crippen LogP contribution is 2.28. The van der Waals surface area contributed by atoms with Crippen molar-refractivity contribution in [1.82, 2.24) is 4.90 Å². The van der Waals surface area contributed by atoms with E-state index in [1.807, 2.05) is 0 Å². The lowest BCUT2D eigenvalue weighted by atomic mass is 9.89. The van der Waals surface area contributed by atoms with Crippen LogP contribution in [0, 0.1) is 0 Å². The zero-order valence-electron chi connectivity index (χ0n) is 10.5. The normalized spacial score (nSPS) is 29.5. The summed E-state index contributed by atoms with van der Waals surface area (Å²) in [6.07, 6.45) is 4.26. The third kappa shape index (κ3) is 2.81. The molecule has 0 aromatic rings. The van der Waals surface area contributed by atoms with Crippen molar-refractivity contribution in [2.45, 2.75) is 50.3 Å². The Kier molecular flexibility index (Phi) is 4.19. The van der Waals surface area contributed by atoms with E-state index in [-0.39, 0.29) is 24.5 Å². The Bertz CT molecular complexity index is 333. The van der Waals surface area contributed by atoms with Crippen LogP contribution in [0.2, 0.25) is 0 Å². The topological polar surface area (TPSA) is 98.7 Å². The van der Waals surface area contributed by atoms with E-state index in [9.17, 15) is 9.59 Å². The minimum Gasteiger partial charge on any atom is -0.374 e. The van der Waals surface area contributed by atoms with Gasteiger partial charge in [-0.2, -0.15) is 0 Å². The van der Waals surface area contributed by atoms with E-state index in [4.69, 9.17) is 16.2 Å². The molecular weight excluding hydrogens is 234 g/mol. The second-order valence-corrected chi connectivity index (χ2v) is 5.07. The Hall–Kier alpha value is -1.14. The zero-order chi connectivity index (χ0) is 13.1. The predicted molar refractivity (Wildman–Crippen MR) is 65.5 cm³/mol. The molecule has 3 unspecified atom stereocenters. The molecule has 18 heavy (non-hydrogen) atoms. The van der Waals surface area contributed by atoms with Crippen LogP contribution in [0.15, 0.2) is 0 Å². The van der Waals surface area contributed by atoms with Gasteiger partial charge in [-0.1, -0.05) is 12.8 Å². The second-order valence-electron chi connectivity index (χ2n) is 5.07. The minimum atomic E-state index is -0.817. The van der Waals surface area contributed by atoms with Crippen molar-refractivity contribution in [2.24, 2.45) is 11.5 Å². The number of morpholine rings is 1. The van der Waals surface area contributed by atoms with Crippen molar-refractivity contribution in [3.05, 3.63) is 0 Å². The number of nitrogens with zero attached hydrogens (tertiary/aromatic N) is 1. The smallest absolute Gasteiger partial charge is 0.240 e. The number of hydrogen-bond acceptors (Lipinski definition) is 4. The number of amides is 2. The highest BCUT2D eigenvalue weighted by atomic mass is 16.5. The zero-order valence-corrected chi connectivity index (χ0v) is 10.5. The summed E-state index contributed by atoms with van der Waals surface area (Å²) >= 11 is 0. The van der Waals surface area contributed by atoms with Gasteiger partial charge in [0.25, 0.3) is 0 Å². The second kappa shape index (κ2) is 5.67. The number of carbonyl (C=O) groups excluding carboxylic acids is 2. The first-order valence-corrected chi connectivity index (χ1v) is 6.55. The third-order valence-electron chi connectivity index (χ3n) is 3.75.